The molecule has 15 heavy (non-hydrogen) atoms. The van der Waals surface area contributed by atoms with Crippen molar-refractivity contribution >= 4 is 0 Å². The highest BCUT2D eigenvalue weighted by atomic mass is 16.5. The largest absolute Gasteiger partial charge is 0.379 e. The summed E-state index contributed by atoms with van der Waals surface area (Å²) in [5.74, 6) is 2.42. The number of hydrogen-bond donors (Lipinski definition) is 0. The van der Waals surface area contributed by atoms with Crippen LogP contribution in [0.4, 0.5) is 0 Å². The van der Waals surface area contributed by atoms with E-state index in [0.717, 1.165) is 6.61 Å². The monoisotopic (exact) mass is 212 g/mol. The Balaban J connectivity index is 2.84. The van der Waals surface area contributed by atoms with Crippen LogP contribution in [-0.4, -0.2) is 26.4 Å². The molecule has 0 spiro atoms. The molecule has 0 aliphatic rings. The first kappa shape index (κ1) is 14.5. The van der Waals surface area contributed by atoms with Gasteiger partial charge in [-0.3, -0.25) is 0 Å². The maximum atomic E-state index is 5.39. The first-order chi connectivity index (χ1) is 7.41. The zero-order valence-corrected chi connectivity index (χ0v) is 9.96. The second-order valence-corrected chi connectivity index (χ2v) is 3.64. The summed E-state index contributed by atoms with van der Waals surface area (Å²) < 4.78 is 10.5. The Bertz CT molecular complexity index is 149. The summed E-state index contributed by atoms with van der Waals surface area (Å²) in [7, 11) is 0. The molecule has 0 aromatic carbocycles. The molecular weight excluding hydrogens is 188 g/mol. The van der Waals surface area contributed by atoms with Crippen molar-refractivity contribution in [3.63, 3.8) is 0 Å². The van der Waals surface area contributed by atoms with E-state index in [1.165, 1.54) is 38.5 Å². The van der Waals surface area contributed by atoms with Gasteiger partial charge in [-0.2, -0.15) is 0 Å². The zero-order chi connectivity index (χ0) is 11.2. The number of unbranched alkanes of at least 4 members (excludes halogenated alkanes) is 5. The number of ether oxygens (including phenoxy) is 2. The van der Waals surface area contributed by atoms with Gasteiger partial charge in [0.2, 0.25) is 0 Å². The fourth-order valence-corrected chi connectivity index (χ4v) is 1.34. The van der Waals surface area contributed by atoms with E-state index in [9.17, 15) is 0 Å². The van der Waals surface area contributed by atoms with Crippen LogP contribution in [0.5, 0.6) is 0 Å². The Kier molecular flexibility index (Phi) is 13.0. The Morgan fingerprint density at radius 1 is 0.867 bits per heavy atom. The third-order valence-corrected chi connectivity index (χ3v) is 2.20. The molecule has 0 fully saturated rings. The maximum Gasteiger partial charge on any atom is 0.107 e. The van der Waals surface area contributed by atoms with E-state index < -0.39 is 0 Å². The van der Waals surface area contributed by atoms with Gasteiger partial charge in [0.25, 0.3) is 0 Å². The molecule has 0 saturated heterocycles. The Hall–Kier alpha value is -0.520. The summed E-state index contributed by atoms with van der Waals surface area (Å²) in [4.78, 5) is 0. The van der Waals surface area contributed by atoms with E-state index >= 15 is 0 Å². The molecule has 0 atom stereocenters. The number of rotatable bonds is 11. The molecule has 0 radical (unpaired) electrons. The lowest BCUT2D eigenvalue weighted by Gasteiger charge is -2.03. The van der Waals surface area contributed by atoms with Crippen molar-refractivity contribution in [3.05, 3.63) is 0 Å². The van der Waals surface area contributed by atoms with Gasteiger partial charge in [-0.05, 0) is 6.42 Å². The summed E-state index contributed by atoms with van der Waals surface area (Å²) >= 11 is 0. The van der Waals surface area contributed by atoms with E-state index in [1.807, 2.05) is 0 Å². The molecule has 0 saturated carbocycles. The minimum atomic E-state index is 0.389. The highest BCUT2D eigenvalue weighted by molar-refractivity contribution is 4.82. The lowest BCUT2D eigenvalue weighted by atomic mass is 10.1. The van der Waals surface area contributed by atoms with Crippen LogP contribution >= 0.6 is 0 Å². The molecule has 0 heterocycles. The van der Waals surface area contributed by atoms with Crippen molar-refractivity contribution in [3.8, 4) is 12.3 Å². The van der Waals surface area contributed by atoms with Crippen molar-refractivity contribution in [2.45, 2.75) is 45.4 Å². The molecule has 0 N–H and O–H groups in total. The number of terminal acetylenes is 1. The van der Waals surface area contributed by atoms with Gasteiger partial charge in [0.1, 0.15) is 6.61 Å². The van der Waals surface area contributed by atoms with Crippen molar-refractivity contribution in [1.82, 2.24) is 0 Å². The normalized spacial score (nSPS) is 10.1. The van der Waals surface area contributed by atoms with Gasteiger partial charge < -0.3 is 9.47 Å². The van der Waals surface area contributed by atoms with Crippen LogP contribution < -0.4 is 0 Å². The van der Waals surface area contributed by atoms with Crippen LogP contribution in [0.3, 0.4) is 0 Å². The minimum Gasteiger partial charge on any atom is -0.379 e. The molecule has 0 aromatic rings. The Labute approximate surface area is 94.3 Å². The molecule has 0 aromatic heterocycles. The predicted molar refractivity (Wildman–Crippen MR) is 63.8 cm³/mol. The van der Waals surface area contributed by atoms with Gasteiger partial charge in [0.15, 0.2) is 0 Å². The summed E-state index contributed by atoms with van der Waals surface area (Å²) in [6.07, 6.45) is 12.9. The molecule has 0 aliphatic carbocycles. The zero-order valence-electron chi connectivity index (χ0n) is 9.96. The van der Waals surface area contributed by atoms with Crippen molar-refractivity contribution in [2.24, 2.45) is 0 Å². The van der Waals surface area contributed by atoms with Crippen LogP contribution in [-0.2, 0) is 9.47 Å². The maximum absolute atomic E-state index is 5.39. The SMILES string of the molecule is C#CCOCCOCCCCCCCC. The smallest absolute Gasteiger partial charge is 0.107 e. The highest BCUT2D eigenvalue weighted by Crippen LogP contribution is 2.04. The van der Waals surface area contributed by atoms with Gasteiger partial charge >= 0.3 is 0 Å². The highest BCUT2D eigenvalue weighted by Gasteiger charge is 1.91. The van der Waals surface area contributed by atoms with Crippen molar-refractivity contribution < 1.29 is 9.47 Å². The minimum absolute atomic E-state index is 0.389. The Morgan fingerprint density at radius 3 is 2.27 bits per heavy atom. The second-order valence-electron chi connectivity index (χ2n) is 3.64. The quantitative estimate of drug-likeness (QED) is 0.387. The van der Waals surface area contributed by atoms with E-state index in [-0.39, 0.29) is 0 Å². The lowest BCUT2D eigenvalue weighted by molar-refractivity contribution is 0.0583. The van der Waals surface area contributed by atoms with E-state index in [4.69, 9.17) is 15.9 Å². The Morgan fingerprint density at radius 2 is 1.53 bits per heavy atom. The van der Waals surface area contributed by atoms with Gasteiger partial charge in [-0.25, -0.2) is 0 Å². The van der Waals surface area contributed by atoms with E-state index in [2.05, 4.69) is 12.8 Å². The van der Waals surface area contributed by atoms with Gasteiger partial charge in [0.05, 0.1) is 13.2 Å². The topological polar surface area (TPSA) is 18.5 Å². The molecule has 0 rings (SSSR count). The standard InChI is InChI=1S/C13H24O2/c1-3-5-6-7-8-9-11-15-13-12-14-10-4-2/h2H,3,5-13H2,1H3. The third kappa shape index (κ3) is 13.5. The van der Waals surface area contributed by atoms with Gasteiger partial charge in [-0.15, -0.1) is 6.42 Å². The average Bonchev–Trinajstić information content (AvgIpc) is 2.26. The van der Waals surface area contributed by atoms with Crippen molar-refractivity contribution in [2.75, 3.05) is 26.4 Å². The van der Waals surface area contributed by atoms with E-state index in [1.54, 1.807) is 0 Å². The van der Waals surface area contributed by atoms with Gasteiger partial charge in [-0.1, -0.05) is 44.9 Å². The molecule has 2 heteroatoms. The van der Waals surface area contributed by atoms with Crippen LogP contribution in [0.1, 0.15) is 45.4 Å². The molecule has 0 bridgehead atoms. The molecule has 2 nitrogen and oxygen atoms in total. The fraction of sp³-hybridized carbons (Fsp3) is 0.846. The molecular formula is C13H24O2. The van der Waals surface area contributed by atoms with Gasteiger partial charge in [0, 0.05) is 6.61 Å². The summed E-state index contributed by atoms with van der Waals surface area (Å²) in [6.45, 7) is 4.75. The first-order valence-corrected chi connectivity index (χ1v) is 6.00. The summed E-state index contributed by atoms with van der Waals surface area (Å²) in [6, 6.07) is 0. The average molecular weight is 212 g/mol. The molecule has 0 aliphatic heterocycles. The lowest BCUT2D eigenvalue weighted by Crippen LogP contribution is -2.05. The second kappa shape index (κ2) is 13.5. The third-order valence-electron chi connectivity index (χ3n) is 2.20. The van der Waals surface area contributed by atoms with Crippen LogP contribution in [0.15, 0.2) is 0 Å². The molecule has 88 valence electrons. The number of hydrogen-bond acceptors (Lipinski definition) is 2. The fourth-order valence-electron chi connectivity index (χ4n) is 1.34. The molecule has 0 amide bonds. The first-order valence-electron chi connectivity index (χ1n) is 6.00. The van der Waals surface area contributed by atoms with Crippen LogP contribution in [0, 0.1) is 12.3 Å². The molecule has 0 unspecified atom stereocenters. The van der Waals surface area contributed by atoms with E-state index in [0.29, 0.717) is 19.8 Å². The van der Waals surface area contributed by atoms with Crippen molar-refractivity contribution in [1.29, 1.82) is 0 Å². The summed E-state index contributed by atoms with van der Waals surface area (Å²) in [5.41, 5.74) is 0. The predicted octanol–water partition coefficient (Wildman–Crippen LogP) is 3.01. The summed E-state index contributed by atoms with van der Waals surface area (Å²) in [5, 5.41) is 0. The van der Waals surface area contributed by atoms with Crippen LogP contribution in [0.2, 0.25) is 0 Å². The van der Waals surface area contributed by atoms with Crippen LogP contribution in [0.25, 0.3) is 0 Å².